The lowest BCUT2D eigenvalue weighted by atomic mass is 10.2. The first-order chi connectivity index (χ1) is 9.79. The average Bonchev–Trinajstić information content (AvgIpc) is 2.94. The van der Waals surface area contributed by atoms with Gasteiger partial charge in [0.2, 0.25) is 0 Å². The number of nitrogens with one attached hydrogen (secondary N) is 1. The van der Waals surface area contributed by atoms with Crippen LogP contribution in [0, 0.1) is 0 Å². The molecule has 5 heteroatoms. The van der Waals surface area contributed by atoms with Gasteiger partial charge in [0.05, 0.1) is 17.6 Å². The van der Waals surface area contributed by atoms with Gasteiger partial charge in [-0.1, -0.05) is 15.9 Å². The fourth-order valence-electron chi connectivity index (χ4n) is 2.26. The van der Waals surface area contributed by atoms with Crippen molar-refractivity contribution in [3.8, 4) is 5.75 Å². The summed E-state index contributed by atoms with van der Waals surface area (Å²) in [6.45, 7) is 0.688. The van der Waals surface area contributed by atoms with Crippen molar-refractivity contribution in [3.05, 3.63) is 46.9 Å². The van der Waals surface area contributed by atoms with E-state index in [9.17, 15) is 4.79 Å². The van der Waals surface area contributed by atoms with Crippen molar-refractivity contribution in [2.45, 2.75) is 12.8 Å². The Bertz CT molecular complexity index is 791. The zero-order chi connectivity index (χ0) is 13.9. The van der Waals surface area contributed by atoms with Crippen LogP contribution in [0.15, 0.2) is 41.3 Å². The normalized spacial score (nSPS) is 11.2. The number of ether oxygens (including phenoxy) is 1. The quantitative estimate of drug-likeness (QED) is 0.574. The van der Waals surface area contributed by atoms with E-state index in [0.29, 0.717) is 12.1 Å². The minimum Gasteiger partial charge on any atom is -0.494 e. The van der Waals surface area contributed by atoms with Gasteiger partial charge in [0.25, 0.3) is 5.56 Å². The topological polar surface area (TPSA) is 46.5 Å². The molecule has 2 aromatic heterocycles. The van der Waals surface area contributed by atoms with Gasteiger partial charge in [-0.25, -0.2) is 0 Å². The van der Waals surface area contributed by atoms with Gasteiger partial charge in [0, 0.05) is 17.6 Å². The van der Waals surface area contributed by atoms with Crippen LogP contribution in [0.2, 0.25) is 0 Å². The zero-order valence-corrected chi connectivity index (χ0v) is 12.5. The molecule has 0 aliphatic rings. The molecule has 3 rings (SSSR count). The molecule has 4 nitrogen and oxygen atoms in total. The molecule has 0 atom stereocenters. The number of halogens is 1. The lowest BCUT2D eigenvalue weighted by Crippen LogP contribution is -2.09. The number of nitrogens with zero attached hydrogens (tertiary/aromatic N) is 1. The lowest BCUT2D eigenvalue weighted by molar-refractivity contribution is 0.310. The minimum atomic E-state index is -0.0843. The molecule has 0 amide bonds. The van der Waals surface area contributed by atoms with E-state index in [1.54, 1.807) is 0 Å². The van der Waals surface area contributed by atoms with E-state index in [2.05, 4.69) is 20.9 Å². The predicted octanol–water partition coefficient (Wildman–Crippen LogP) is 3.33. The second-order valence-electron chi connectivity index (χ2n) is 4.64. The summed E-state index contributed by atoms with van der Waals surface area (Å²) in [5.74, 6) is 0.786. The Morgan fingerprint density at radius 2 is 2.10 bits per heavy atom. The Kier molecular flexibility index (Phi) is 3.78. The number of fused-ring (bicyclic) bond motifs is 3. The van der Waals surface area contributed by atoms with E-state index in [-0.39, 0.29) is 5.56 Å². The van der Waals surface area contributed by atoms with Gasteiger partial charge in [0.15, 0.2) is 0 Å². The first-order valence-corrected chi connectivity index (χ1v) is 7.73. The maximum absolute atomic E-state index is 11.9. The molecule has 2 heterocycles. The Morgan fingerprint density at radius 3 is 2.95 bits per heavy atom. The van der Waals surface area contributed by atoms with Crippen molar-refractivity contribution >= 4 is 32.5 Å². The van der Waals surface area contributed by atoms with E-state index in [0.717, 1.165) is 35.0 Å². The summed E-state index contributed by atoms with van der Waals surface area (Å²) in [5, 5.41) is 0.993. The van der Waals surface area contributed by atoms with Crippen molar-refractivity contribution in [3.63, 3.8) is 0 Å². The number of aromatic amines is 1. The number of aromatic nitrogens is 2. The molecule has 0 aliphatic carbocycles. The first-order valence-electron chi connectivity index (χ1n) is 6.61. The van der Waals surface area contributed by atoms with Crippen LogP contribution < -0.4 is 10.3 Å². The zero-order valence-electron chi connectivity index (χ0n) is 10.9. The number of hydrogen-bond donors (Lipinski definition) is 1. The number of rotatable bonds is 5. The van der Waals surface area contributed by atoms with Crippen molar-refractivity contribution in [2.75, 3.05) is 11.9 Å². The number of hydrogen-bond acceptors (Lipinski definition) is 2. The van der Waals surface area contributed by atoms with Crippen LogP contribution in [0.1, 0.15) is 12.8 Å². The molecule has 0 aliphatic heterocycles. The maximum atomic E-state index is 11.9. The van der Waals surface area contributed by atoms with E-state index in [1.807, 2.05) is 40.9 Å². The van der Waals surface area contributed by atoms with Gasteiger partial charge in [-0.3, -0.25) is 4.79 Å². The molecule has 20 heavy (non-hydrogen) atoms. The number of alkyl halides is 1. The molecule has 1 aromatic carbocycles. The minimum absolute atomic E-state index is 0.0843. The van der Waals surface area contributed by atoms with Crippen LogP contribution >= 0.6 is 15.9 Å². The Labute approximate surface area is 124 Å². The van der Waals surface area contributed by atoms with Gasteiger partial charge in [-0.05, 0) is 37.1 Å². The number of benzene rings is 1. The second kappa shape index (κ2) is 5.71. The summed E-state index contributed by atoms with van der Waals surface area (Å²) >= 11 is 3.40. The summed E-state index contributed by atoms with van der Waals surface area (Å²) in [7, 11) is 0. The van der Waals surface area contributed by atoms with Gasteiger partial charge in [-0.2, -0.15) is 0 Å². The molecule has 3 aromatic rings. The molecule has 1 N–H and O–H groups in total. The Hall–Kier alpha value is -1.75. The standard InChI is InChI=1S/C15H15BrN2O2/c16-7-1-2-9-20-11-5-6-13-12(10-11)17-15(19)14-4-3-8-18(13)14/h3-6,8,10H,1-2,7,9H2,(H,17,19). The second-order valence-corrected chi connectivity index (χ2v) is 5.43. The Balaban J connectivity index is 1.95. The van der Waals surface area contributed by atoms with E-state index < -0.39 is 0 Å². The van der Waals surface area contributed by atoms with Crippen LogP contribution in [0.4, 0.5) is 0 Å². The van der Waals surface area contributed by atoms with Crippen LogP contribution in [0.25, 0.3) is 16.6 Å². The highest BCUT2D eigenvalue weighted by molar-refractivity contribution is 9.09. The summed E-state index contributed by atoms with van der Waals surface area (Å²) in [6.07, 6.45) is 3.99. The van der Waals surface area contributed by atoms with Crippen molar-refractivity contribution < 1.29 is 4.74 Å². The van der Waals surface area contributed by atoms with Crippen LogP contribution in [-0.4, -0.2) is 21.3 Å². The van der Waals surface area contributed by atoms with Gasteiger partial charge in [0.1, 0.15) is 11.3 Å². The van der Waals surface area contributed by atoms with Crippen LogP contribution in [-0.2, 0) is 0 Å². The molecule has 0 unspecified atom stereocenters. The highest BCUT2D eigenvalue weighted by Gasteiger charge is 2.05. The predicted molar refractivity (Wildman–Crippen MR) is 84.0 cm³/mol. The summed E-state index contributed by atoms with van der Waals surface area (Å²) in [5.41, 5.74) is 2.33. The smallest absolute Gasteiger partial charge is 0.272 e. The molecule has 0 spiro atoms. The first kappa shape index (κ1) is 13.2. The molecular weight excluding hydrogens is 320 g/mol. The van der Waals surface area contributed by atoms with Crippen LogP contribution in [0.3, 0.4) is 0 Å². The SMILES string of the molecule is O=c1[nH]c2cc(OCCCCBr)ccc2n2cccc12. The molecule has 0 saturated carbocycles. The maximum Gasteiger partial charge on any atom is 0.272 e. The number of unbranched alkanes of at least 4 members (excludes halogenated alkanes) is 1. The third kappa shape index (κ3) is 2.45. The number of H-pyrrole nitrogens is 1. The highest BCUT2D eigenvalue weighted by atomic mass is 79.9. The van der Waals surface area contributed by atoms with Crippen molar-refractivity contribution in [1.82, 2.24) is 9.38 Å². The fraction of sp³-hybridized carbons (Fsp3) is 0.267. The monoisotopic (exact) mass is 334 g/mol. The van der Waals surface area contributed by atoms with Crippen molar-refractivity contribution in [2.24, 2.45) is 0 Å². The molecule has 104 valence electrons. The molecule has 0 radical (unpaired) electrons. The van der Waals surface area contributed by atoms with Crippen molar-refractivity contribution in [1.29, 1.82) is 0 Å². The summed E-state index contributed by atoms with van der Waals surface area (Å²) < 4.78 is 7.59. The molecular formula is C15H15BrN2O2. The molecule has 0 bridgehead atoms. The fourth-order valence-corrected chi connectivity index (χ4v) is 2.66. The van der Waals surface area contributed by atoms with E-state index >= 15 is 0 Å². The average molecular weight is 335 g/mol. The largest absolute Gasteiger partial charge is 0.494 e. The van der Waals surface area contributed by atoms with Gasteiger partial charge >= 0.3 is 0 Å². The lowest BCUT2D eigenvalue weighted by Gasteiger charge is -2.08. The van der Waals surface area contributed by atoms with E-state index in [1.165, 1.54) is 0 Å². The highest BCUT2D eigenvalue weighted by Crippen LogP contribution is 2.19. The summed E-state index contributed by atoms with van der Waals surface area (Å²) in [6, 6.07) is 9.47. The van der Waals surface area contributed by atoms with Crippen LogP contribution in [0.5, 0.6) is 5.75 Å². The Morgan fingerprint density at radius 1 is 1.20 bits per heavy atom. The van der Waals surface area contributed by atoms with E-state index in [4.69, 9.17) is 4.74 Å². The third-order valence-electron chi connectivity index (χ3n) is 3.25. The molecule has 0 fully saturated rings. The summed E-state index contributed by atoms with van der Waals surface area (Å²) in [4.78, 5) is 14.8. The van der Waals surface area contributed by atoms with Gasteiger partial charge in [-0.15, -0.1) is 0 Å². The third-order valence-corrected chi connectivity index (χ3v) is 3.81. The molecule has 0 saturated heterocycles. The van der Waals surface area contributed by atoms with Gasteiger partial charge < -0.3 is 14.1 Å².